The molecule has 13 heavy (non-hydrogen) atoms. The topological polar surface area (TPSA) is 40.5 Å². The van der Waals surface area contributed by atoms with E-state index in [1.165, 1.54) is 4.88 Å². The lowest BCUT2D eigenvalue weighted by atomic mass is 10.1. The van der Waals surface area contributed by atoms with Crippen molar-refractivity contribution in [3.63, 3.8) is 0 Å². The highest BCUT2D eigenvalue weighted by molar-refractivity contribution is 9.11. The van der Waals surface area contributed by atoms with Crippen molar-refractivity contribution in [3.05, 3.63) is 20.8 Å². The Hall–Kier alpha value is 0.1000. The van der Waals surface area contributed by atoms with E-state index in [4.69, 9.17) is 5.11 Å². The first-order chi connectivity index (χ1) is 6.22. The summed E-state index contributed by atoms with van der Waals surface area (Å²) in [4.78, 5) is 1.18. The maximum absolute atomic E-state index is 9.52. The number of thiophene rings is 1. The summed E-state index contributed by atoms with van der Waals surface area (Å²) >= 11 is 5.02. The Morgan fingerprint density at radius 2 is 2.23 bits per heavy atom. The molecule has 1 aromatic heterocycles. The third-order valence-corrected chi connectivity index (χ3v) is 3.41. The molecule has 2 nitrogen and oxygen atoms in total. The second kappa shape index (κ2) is 5.75. The Bertz CT molecular complexity index is 250. The van der Waals surface area contributed by atoms with E-state index in [2.05, 4.69) is 15.9 Å². The molecule has 1 unspecified atom stereocenters. The van der Waals surface area contributed by atoms with E-state index in [-0.39, 0.29) is 12.7 Å². The van der Waals surface area contributed by atoms with Crippen molar-refractivity contribution in [2.24, 2.45) is 0 Å². The molecule has 0 saturated heterocycles. The van der Waals surface area contributed by atoms with Crippen LogP contribution in [0.2, 0.25) is 0 Å². The fraction of sp³-hybridized carbons (Fsp3) is 0.556. The minimum atomic E-state index is -0.322. The molecule has 0 spiro atoms. The quantitative estimate of drug-likeness (QED) is 0.856. The number of rotatable bonds is 5. The molecule has 1 atom stereocenters. The summed E-state index contributed by atoms with van der Waals surface area (Å²) in [5, 5.41) is 18.1. The second-order valence-electron chi connectivity index (χ2n) is 2.93. The van der Waals surface area contributed by atoms with Gasteiger partial charge in [0, 0.05) is 17.9 Å². The summed E-state index contributed by atoms with van der Waals surface area (Å²) in [7, 11) is 0. The van der Waals surface area contributed by atoms with E-state index in [9.17, 15) is 5.11 Å². The first kappa shape index (κ1) is 11.2. The molecule has 0 fully saturated rings. The van der Waals surface area contributed by atoms with Gasteiger partial charge in [-0.05, 0) is 40.9 Å². The van der Waals surface area contributed by atoms with Crippen LogP contribution in [0.1, 0.15) is 17.7 Å². The summed E-state index contributed by atoms with van der Waals surface area (Å²) in [6, 6.07) is 4.00. The summed E-state index contributed by atoms with van der Waals surface area (Å²) in [5.41, 5.74) is 0. The fourth-order valence-corrected chi connectivity index (χ4v) is 2.68. The van der Waals surface area contributed by atoms with Crippen LogP contribution in [-0.4, -0.2) is 22.9 Å². The average molecular weight is 265 g/mol. The van der Waals surface area contributed by atoms with E-state index >= 15 is 0 Å². The van der Waals surface area contributed by atoms with Crippen molar-refractivity contribution < 1.29 is 10.2 Å². The van der Waals surface area contributed by atoms with Gasteiger partial charge < -0.3 is 10.2 Å². The highest BCUT2D eigenvalue weighted by atomic mass is 79.9. The normalized spacial score (nSPS) is 13.2. The fourth-order valence-electron chi connectivity index (χ4n) is 1.12. The number of hydrogen-bond acceptors (Lipinski definition) is 3. The van der Waals surface area contributed by atoms with Gasteiger partial charge >= 0.3 is 0 Å². The van der Waals surface area contributed by atoms with E-state index in [0.29, 0.717) is 19.3 Å². The van der Waals surface area contributed by atoms with Gasteiger partial charge in [0.15, 0.2) is 0 Å². The zero-order valence-corrected chi connectivity index (χ0v) is 9.64. The van der Waals surface area contributed by atoms with Gasteiger partial charge in [-0.15, -0.1) is 11.3 Å². The monoisotopic (exact) mass is 264 g/mol. The first-order valence-electron chi connectivity index (χ1n) is 4.25. The molecule has 0 aliphatic carbocycles. The molecule has 0 aromatic carbocycles. The summed E-state index contributed by atoms with van der Waals surface area (Å²) in [6.07, 6.45) is 1.72. The lowest BCUT2D eigenvalue weighted by molar-refractivity contribution is 0.150. The lowest BCUT2D eigenvalue weighted by Crippen LogP contribution is -2.09. The molecule has 4 heteroatoms. The number of hydrogen-bond donors (Lipinski definition) is 2. The summed E-state index contributed by atoms with van der Waals surface area (Å²) in [6.45, 7) is 0.158. The van der Waals surface area contributed by atoms with E-state index in [1.54, 1.807) is 11.3 Å². The molecule has 0 radical (unpaired) electrons. The largest absolute Gasteiger partial charge is 0.396 e. The van der Waals surface area contributed by atoms with Crippen molar-refractivity contribution in [1.29, 1.82) is 0 Å². The van der Waals surface area contributed by atoms with E-state index in [1.807, 2.05) is 12.1 Å². The zero-order valence-electron chi connectivity index (χ0n) is 7.24. The van der Waals surface area contributed by atoms with E-state index in [0.717, 1.165) is 3.79 Å². The third kappa shape index (κ3) is 4.22. The number of aliphatic hydroxyl groups excluding tert-OH is 2. The Morgan fingerprint density at radius 1 is 1.46 bits per heavy atom. The van der Waals surface area contributed by atoms with Crippen LogP contribution < -0.4 is 0 Å². The molecule has 74 valence electrons. The van der Waals surface area contributed by atoms with Gasteiger partial charge in [0.2, 0.25) is 0 Å². The van der Waals surface area contributed by atoms with Crippen LogP contribution in [-0.2, 0) is 6.42 Å². The highest BCUT2D eigenvalue weighted by Gasteiger charge is 2.06. The third-order valence-electron chi connectivity index (χ3n) is 1.76. The van der Waals surface area contributed by atoms with Crippen LogP contribution in [0.5, 0.6) is 0 Å². The van der Waals surface area contributed by atoms with Crippen LogP contribution >= 0.6 is 27.3 Å². The number of halogens is 1. The predicted molar refractivity (Wildman–Crippen MR) is 58.0 cm³/mol. The molecule has 0 saturated carbocycles. The van der Waals surface area contributed by atoms with E-state index < -0.39 is 0 Å². The van der Waals surface area contributed by atoms with Crippen molar-refractivity contribution in [1.82, 2.24) is 0 Å². The molecule has 0 aliphatic heterocycles. The molecule has 2 N–H and O–H groups in total. The highest BCUT2D eigenvalue weighted by Crippen LogP contribution is 2.23. The minimum absolute atomic E-state index is 0.158. The Morgan fingerprint density at radius 3 is 2.77 bits per heavy atom. The van der Waals surface area contributed by atoms with Crippen LogP contribution in [0, 0.1) is 0 Å². The number of aliphatic hydroxyl groups is 2. The maximum Gasteiger partial charge on any atom is 0.0701 e. The zero-order chi connectivity index (χ0) is 9.68. The van der Waals surface area contributed by atoms with Gasteiger partial charge in [0.25, 0.3) is 0 Å². The predicted octanol–water partition coefficient (Wildman–Crippen LogP) is 2.19. The maximum atomic E-state index is 9.52. The molecule has 0 aliphatic rings. The molecule has 1 aromatic rings. The van der Waals surface area contributed by atoms with Gasteiger partial charge in [-0.2, -0.15) is 0 Å². The SMILES string of the molecule is OCCCC(O)Cc1ccc(Br)s1. The standard InChI is InChI=1S/C9H13BrO2S/c10-9-4-3-8(13-9)6-7(12)2-1-5-11/h3-4,7,11-12H,1-2,5-6H2. The molecular weight excluding hydrogens is 252 g/mol. The van der Waals surface area contributed by atoms with Gasteiger partial charge in [0.1, 0.15) is 0 Å². The summed E-state index contributed by atoms with van der Waals surface area (Å²) < 4.78 is 1.09. The van der Waals surface area contributed by atoms with Crippen molar-refractivity contribution in [2.45, 2.75) is 25.4 Å². The Kier molecular flexibility index (Phi) is 4.94. The Labute approximate surface area is 90.4 Å². The van der Waals surface area contributed by atoms with Crippen molar-refractivity contribution in [3.8, 4) is 0 Å². The molecule has 0 bridgehead atoms. The van der Waals surface area contributed by atoms with Gasteiger partial charge in [-0.25, -0.2) is 0 Å². The average Bonchev–Trinajstić information content (AvgIpc) is 2.48. The van der Waals surface area contributed by atoms with Crippen molar-refractivity contribution >= 4 is 27.3 Å². The molecule has 1 heterocycles. The lowest BCUT2D eigenvalue weighted by Gasteiger charge is -2.07. The molecular formula is C9H13BrO2S. The van der Waals surface area contributed by atoms with Crippen LogP contribution in [0.4, 0.5) is 0 Å². The molecule has 1 rings (SSSR count). The first-order valence-corrected chi connectivity index (χ1v) is 5.86. The van der Waals surface area contributed by atoms with Crippen LogP contribution in [0.25, 0.3) is 0 Å². The summed E-state index contributed by atoms with van der Waals surface area (Å²) in [5.74, 6) is 0. The minimum Gasteiger partial charge on any atom is -0.396 e. The van der Waals surface area contributed by atoms with Gasteiger partial charge in [-0.3, -0.25) is 0 Å². The Balaban J connectivity index is 2.31. The van der Waals surface area contributed by atoms with Gasteiger partial charge in [0.05, 0.1) is 9.89 Å². The smallest absolute Gasteiger partial charge is 0.0701 e. The van der Waals surface area contributed by atoms with Gasteiger partial charge in [-0.1, -0.05) is 0 Å². The van der Waals surface area contributed by atoms with Crippen molar-refractivity contribution in [2.75, 3.05) is 6.61 Å². The molecule has 0 amide bonds. The second-order valence-corrected chi connectivity index (χ2v) is 5.48. The van der Waals surface area contributed by atoms with Crippen LogP contribution in [0.15, 0.2) is 15.9 Å². The van der Waals surface area contributed by atoms with Crippen LogP contribution in [0.3, 0.4) is 0 Å².